The summed E-state index contributed by atoms with van der Waals surface area (Å²) in [5, 5.41) is 11.2. The van der Waals surface area contributed by atoms with E-state index >= 15 is 0 Å². The van der Waals surface area contributed by atoms with Crippen LogP contribution >= 0.6 is 0 Å². The normalized spacial score (nSPS) is 22.3. The number of anilines is 1. The molecule has 1 aliphatic rings. The van der Waals surface area contributed by atoms with Crippen LogP contribution in [0.2, 0.25) is 0 Å². The number of hydrogen-bond donors (Lipinski definition) is 2. The topological polar surface area (TPSA) is 41.9 Å². The van der Waals surface area contributed by atoms with Crippen LogP contribution < -0.4 is 10.6 Å². The van der Waals surface area contributed by atoms with Crippen molar-refractivity contribution >= 4 is 5.69 Å². The molecule has 1 unspecified atom stereocenters. The molecule has 2 rings (SSSR count). The van der Waals surface area contributed by atoms with Gasteiger partial charge in [0.05, 0.1) is 11.9 Å². The summed E-state index contributed by atoms with van der Waals surface area (Å²) in [7, 11) is 0. The lowest BCUT2D eigenvalue weighted by Gasteiger charge is -2.15. The molecule has 1 aromatic heterocycles. The summed E-state index contributed by atoms with van der Waals surface area (Å²) in [4.78, 5) is 0. The fraction of sp³-hybridized carbons (Fsp3) is 0.727. The maximum atomic E-state index is 4.26. The van der Waals surface area contributed by atoms with Crippen LogP contribution in [0.1, 0.15) is 26.2 Å². The van der Waals surface area contributed by atoms with Crippen molar-refractivity contribution in [3.8, 4) is 0 Å². The second-order valence-electron chi connectivity index (χ2n) is 4.11. The van der Waals surface area contributed by atoms with E-state index < -0.39 is 0 Å². The van der Waals surface area contributed by atoms with E-state index in [1.165, 1.54) is 19.3 Å². The molecular formula is C11H20N4. The summed E-state index contributed by atoms with van der Waals surface area (Å²) in [5.74, 6) is 0. The third-order valence-electron chi connectivity index (χ3n) is 2.90. The summed E-state index contributed by atoms with van der Waals surface area (Å²) < 4.78 is 1.96. The van der Waals surface area contributed by atoms with Crippen molar-refractivity contribution in [2.24, 2.45) is 0 Å². The SMILES string of the molecule is CCn1cc(NC2CCCNCC2)cn1. The molecule has 0 bridgehead atoms. The van der Waals surface area contributed by atoms with E-state index in [9.17, 15) is 0 Å². The van der Waals surface area contributed by atoms with Gasteiger partial charge >= 0.3 is 0 Å². The number of aryl methyl sites for hydroxylation is 1. The molecule has 4 heteroatoms. The van der Waals surface area contributed by atoms with Gasteiger partial charge in [0.25, 0.3) is 0 Å². The fourth-order valence-corrected chi connectivity index (χ4v) is 2.01. The molecule has 0 saturated carbocycles. The lowest BCUT2D eigenvalue weighted by Crippen LogP contribution is -2.21. The number of nitrogens with one attached hydrogen (secondary N) is 2. The molecular weight excluding hydrogens is 188 g/mol. The zero-order chi connectivity index (χ0) is 10.5. The van der Waals surface area contributed by atoms with Gasteiger partial charge in [0.2, 0.25) is 0 Å². The van der Waals surface area contributed by atoms with Gasteiger partial charge < -0.3 is 10.6 Å². The second-order valence-corrected chi connectivity index (χ2v) is 4.11. The van der Waals surface area contributed by atoms with E-state index in [-0.39, 0.29) is 0 Å². The molecule has 1 fully saturated rings. The Hall–Kier alpha value is -1.03. The molecule has 0 radical (unpaired) electrons. The monoisotopic (exact) mass is 208 g/mol. The molecule has 0 spiro atoms. The van der Waals surface area contributed by atoms with Gasteiger partial charge in [0, 0.05) is 18.8 Å². The highest BCUT2D eigenvalue weighted by Gasteiger charge is 2.11. The maximum Gasteiger partial charge on any atom is 0.0728 e. The first-order valence-corrected chi connectivity index (χ1v) is 5.88. The standard InChI is InChI=1S/C11H20N4/c1-2-15-9-11(8-13-15)14-10-4-3-6-12-7-5-10/h8-10,12,14H,2-7H2,1H3. The summed E-state index contributed by atoms with van der Waals surface area (Å²) >= 11 is 0. The average Bonchev–Trinajstić information content (AvgIpc) is 2.54. The van der Waals surface area contributed by atoms with Crippen LogP contribution in [0.5, 0.6) is 0 Å². The lowest BCUT2D eigenvalue weighted by atomic mass is 10.1. The van der Waals surface area contributed by atoms with Crippen LogP contribution in [0.4, 0.5) is 5.69 Å². The highest BCUT2D eigenvalue weighted by molar-refractivity contribution is 5.39. The van der Waals surface area contributed by atoms with Gasteiger partial charge in [-0.15, -0.1) is 0 Å². The van der Waals surface area contributed by atoms with E-state index in [4.69, 9.17) is 0 Å². The van der Waals surface area contributed by atoms with Gasteiger partial charge in [0.15, 0.2) is 0 Å². The molecule has 0 aromatic carbocycles. The van der Waals surface area contributed by atoms with Crippen LogP contribution in [0.3, 0.4) is 0 Å². The highest BCUT2D eigenvalue weighted by Crippen LogP contribution is 2.13. The molecule has 1 saturated heterocycles. The molecule has 0 aliphatic carbocycles. The predicted octanol–water partition coefficient (Wildman–Crippen LogP) is 1.46. The van der Waals surface area contributed by atoms with E-state index in [1.54, 1.807) is 0 Å². The Kier molecular flexibility index (Phi) is 3.61. The number of hydrogen-bond acceptors (Lipinski definition) is 3. The highest BCUT2D eigenvalue weighted by atomic mass is 15.3. The van der Waals surface area contributed by atoms with Gasteiger partial charge in [-0.2, -0.15) is 5.10 Å². The van der Waals surface area contributed by atoms with Crippen LogP contribution in [0.15, 0.2) is 12.4 Å². The van der Waals surface area contributed by atoms with Crippen LogP contribution in [-0.2, 0) is 6.54 Å². The predicted molar refractivity (Wildman–Crippen MR) is 62.0 cm³/mol. The first kappa shape index (κ1) is 10.5. The molecule has 0 amide bonds. The first-order valence-electron chi connectivity index (χ1n) is 5.88. The van der Waals surface area contributed by atoms with Gasteiger partial charge in [-0.25, -0.2) is 0 Å². The van der Waals surface area contributed by atoms with E-state index in [1.807, 2.05) is 10.9 Å². The zero-order valence-electron chi connectivity index (χ0n) is 9.37. The Morgan fingerprint density at radius 3 is 3.27 bits per heavy atom. The minimum Gasteiger partial charge on any atom is -0.380 e. The Labute approximate surface area is 91.1 Å². The van der Waals surface area contributed by atoms with E-state index in [0.717, 1.165) is 25.3 Å². The minimum atomic E-state index is 0.606. The van der Waals surface area contributed by atoms with Gasteiger partial charge in [-0.05, 0) is 39.3 Å². The average molecular weight is 208 g/mol. The first-order chi connectivity index (χ1) is 7.38. The van der Waals surface area contributed by atoms with Crippen molar-refractivity contribution < 1.29 is 0 Å². The largest absolute Gasteiger partial charge is 0.380 e. The Morgan fingerprint density at radius 2 is 2.47 bits per heavy atom. The van der Waals surface area contributed by atoms with Gasteiger partial charge in [-0.3, -0.25) is 4.68 Å². The number of aromatic nitrogens is 2. The van der Waals surface area contributed by atoms with Gasteiger partial charge in [0.1, 0.15) is 0 Å². The molecule has 1 aromatic rings. The zero-order valence-corrected chi connectivity index (χ0v) is 9.37. The van der Waals surface area contributed by atoms with Crippen molar-refractivity contribution in [2.45, 2.75) is 38.8 Å². The number of rotatable bonds is 3. The summed E-state index contributed by atoms with van der Waals surface area (Å²) in [6, 6.07) is 0.606. The van der Waals surface area contributed by atoms with Gasteiger partial charge in [-0.1, -0.05) is 0 Å². The van der Waals surface area contributed by atoms with Crippen LogP contribution in [0, 0.1) is 0 Å². The van der Waals surface area contributed by atoms with E-state index in [2.05, 4.69) is 28.9 Å². The smallest absolute Gasteiger partial charge is 0.0728 e. The fourth-order valence-electron chi connectivity index (χ4n) is 2.01. The summed E-state index contributed by atoms with van der Waals surface area (Å²) in [6.07, 6.45) is 7.72. The Balaban J connectivity index is 1.89. The molecule has 1 atom stereocenters. The van der Waals surface area contributed by atoms with Crippen molar-refractivity contribution in [3.05, 3.63) is 12.4 Å². The minimum absolute atomic E-state index is 0.606. The van der Waals surface area contributed by atoms with Crippen molar-refractivity contribution in [1.29, 1.82) is 0 Å². The summed E-state index contributed by atoms with van der Waals surface area (Å²) in [5.41, 5.74) is 1.16. The van der Waals surface area contributed by atoms with Crippen LogP contribution in [0.25, 0.3) is 0 Å². The Bertz CT molecular complexity index is 287. The molecule has 2 heterocycles. The molecule has 84 valence electrons. The van der Waals surface area contributed by atoms with E-state index in [0.29, 0.717) is 6.04 Å². The third kappa shape index (κ3) is 2.96. The van der Waals surface area contributed by atoms with Crippen LogP contribution in [-0.4, -0.2) is 28.9 Å². The second kappa shape index (κ2) is 5.16. The quantitative estimate of drug-likeness (QED) is 0.790. The third-order valence-corrected chi connectivity index (χ3v) is 2.90. The van der Waals surface area contributed by atoms with Crippen molar-refractivity contribution in [3.63, 3.8) is 0 Å². The van der Waals surface area contributed by atoms with Crippen molar-refractivity contribution in [2.75, 3.05) is 18.4 Å². The molecule has 2 N–H and O–H groups in total. The van der Waals surface area contributed by atoms with Crippen molar-refractivity contribution in [1.82, 2.24) is 15.1 Å². The number of nitrogens with zero attached hydrogens (tertiary/aromatic N) is 2. The molecule has 15 heavy (non-hydrogen) atoms. The summed E-state index contributed by atoms with van der Waals surface area (Å²) in [6.45, 7) is 5.33. The molecule has 1 aliphatic heterocycles. The Morgan fingerprint density at radius 1 is 1.53 bits per heavy atom. The molecule has 4 nitrogen and oxygen atoms in total. The maximum absolute atomic E-state index is 4.26. The lowest BCUT2D eigenvalue weighted by molar-refractivity contribution is 0.636.